The number of benzene rings is 2. The fourth-order valence-corrected chi connectivity index (χ4v) is 1.51. The molecular weight excluding hydrogens is 210 g/mol. The Morgan fingerprint density at radius 3 is 1.76 bits per heavy atom. The molecule has 3 heteroatoms. The average molecular weight is 227 g/mol. The van der Waals surface area contributed by atoms with Crippen molar-refractivity contribution in [3.63, 3.8) is 0 Å². The molecule has 2 aromatic rings. The van der Waals surface area contributed by atoms with Gasteiger partial charge >= 0.3 is 0 Å². The molecule has 0 atom stereocenters. The number of hydrazine groups is 1. The van der Waals surface area contributed by atoms with Crippen LogP contribution in [0, 0.1) is 0 Å². The first-order valence-corrected chi connectivity index (χ1v) is 5.60. The van der Waals surface area contributed by atoms with Gasteiger partial charge in [-0.05, 0) is 36.4 Å². The van der Waals surface area contributed by atoms with Crippen molar-refractivity contribution in [2.75, 3.05) is 29.8 Å². The molecule has 2 rings (SSSR count). The van der Waals surface area contributed by atoms with Gasteiger partial charge in [-0.15, -0.1) is 0 Å². The third-order valence-corrected chi connectivity index (χ3v) is 2.51. The minimum absolute atomic E-state index is 1.04. The van der Waals surface area contributed by atoms with E-state index in [9.17, 15) is 0 Å². The summed E-state index contributed by atoms with van der Waals surface area (Å²) in [6.45, 7) is 0. The SMILES string of the molecule is CN(C)c1ccc(NNc2ccccc2)cc1. The van der Waals surface area contributed by atoms with E-state index in [-0.39, 0.29) is 0 Å². The van der Waals surface area contributed by atoms with E-state index in [0.29, 0.717) is 0 Å². The highest BCUT2D eigenvalue weighted by molar-refractivity contribution is 5.57. The Kier molecular flexibility index (Phi) is 3.50. The molecule has 0 unspecified atom stereocenters. The number of para-hydroxylation sites is 1. The summed E-state index contributed by atoms with van der Waals surface area (Å²) in [4.78, 5) is 2.08. The molecule has 0 saturated heterocycles. The van der Waals surface area contributed by atoms with E-state index in [1.165, 1.54) is 5.69 Å². The molecule has 0 saturated carbocycles. The van der Waals surface area contributed by atoms with Crippen LogP contribution in [0.4, 0.5) is 17.1 Å². The van der Waals surface area contributed by atoms with E-state index >= 15 is 0 Å². The molecule has 0 aromatic heterocycles. The predicted molar refractivity (Wildman–Crippen MR) is 74.5 cm³/mol. The molecule has 0 heterocycles. The maximum absolute atomic E-state index is 3.16. The van der Waals surface area contributed by atoms with Crippen molar-refractivity contribution in [3.8, 4) is 0 Å². The summed E-state index contributed by atoms with van der Waals surface area (Å²) in [6, 6.07) is 18.3. The van der Waals surface area contributed by atoms with E-state index in [4.69, 9.17) is 0 Å². The van der Waals surface area contributed by atoms with Crippen molar-refractivity contribution in [2.24, 2.45) is 0 Å². The van der Waals surface area contributed by atoms with Crippen molar-refractivity contribution < 1.29 is 0 Å². The van der Waals surface area contributed by atoms with E-state index in [0.717, 1.165) is 11.4 Å². The fraction of sp³-hybridized carbons (Fsp3) is 0.143. The molecule has 0 bridgehead atoms. The van der Waals surface area contributed by atoms with Gasteiger partial charge in [0.15, 0.2) is 0 Å². The lowest BCUT2D eigenvalue weighted by atomic mass is 10.3. The van der Waals surface area contributed by atoms with Crippen LogP contribution in [0.15, 0.2) is 54.6 Å². The van der Waals surface area contributed by atoms with Crippen molar-refractivity contribution in [1.29, 1.82) is 0 Å². The molecule has 0 aliphatic carbocycles. The second-order valence-corrected chi connectivity index (χ2v) is 4.06. The van der Waals surface area contributed by atoms with Gasteiger partial charge in [0.1, 0.15) is 0 Å². The van der Waals surface area contributed by atoms with Crippen LogP contribution in [0.2, 0.25) is 0 Å². The van der Waals surface area contributed by atoms with Gasteiger partial charge in [0.05, 0.1) is 11.4 Å². The average Bonchev–Trinajstić information content (AvgIpc) is 2.38. The number of hydrogen-bond donors (Lipinski definition) is 2. The maximum Gasteiger partial charge on any atom is 0.0541 e. The molecule has 3 nitrogen and oxygen atoms in total. The zero-order valence-corrected chi connectivity index (χ0v) is 10.1. The Bertz CT molecular complexity index is 449. The van der Waals surface area contributed by atoms with Crippen molar-refractivity contribution in [1.82, 2.24) is 0 Å². The lowest BCUT2D eigenvalue weighted by Gasteiger charge is -2.14. The summed E-state index contributed by atoms with van der Waals surface area (Å²) in [5.41, 5.74) is 9.58. The minimum Gasteiger partial charge on any atom is -0.378 e. The lowest BCUT2D eigenvalue weighted by Crippen LogP contribution is -2.10. The van der Waals surface area contributed by atoms with E-state index in [1.54, 1.807) is 0 Å². The largest absolute Gasteiger partial charge is 0.378 e. The Labute approximate surface area is 102 Å². The monoisotopic (exact) mass is 227 g/mol. The third-order valence-electron chi connectivity index (χ3n) is 2.51. The fourth-order valence-electron chi connectivity index (χ4n) is 1.51. The van der Waals surface area contributed by atoms with Crippen LogP contribution < -0.4 is 15.8 Å². The first-order valence-electron chi connectivity index (χ1n) is 5.60. The molecule has 0 amide bonds. The van der Waals surface area contributed by atoms with Gasteiger partial charge in [-0.25, -0.2) is 0 Å². The van der Waals surface area contributed by atoms with Crippen molar-refractivity contribution >= 4 is 17.1 Å². The van der Waals surface area contributed by atoms with Gasteiger partial charge in [-0.2, -0.15) is 0 Å². The second kappa shape index (κ2) is 5.25. The number of anilines is 3. The van der Waals surface area contributed by atoms with Crippen LogP contribution in [-0.4, -0.2) is 14.1 Å². The lowest BCUT2D eigenvalue weighted by molar-refractivity contribution is 1.13. The summed E-state index contributed by atoms with van der Waals surface area (Å²) >= 11 is 0. The molecule has 0 spiro atoms. The summed E-state index contributed by atoms with van der Waals surface area (Å²) in [5.74, 6) is 0. The van der Waals surface area contributed by atoms with Gasteiger partial charge in [-0.1, -0.05) is 18.2 Å². The van der Waals surface area contributed by atoms with Crippen LogP contribution in [-0.2, 0) is 0 Å². The third kappa shape index (κ3) is 3.14. The van der Waals surface area contributed by atoms with Crippen LogP contribution in [0.5, 0.6) is 0 Å². The smallest absolute Gasteiger partial charge is 0.0541 e. The normalized spacial score (nSPS) is 9.76. The van der Waals surface area contributed by atoms with Gasteiger partial charge in [0.2, 0.25) is 0 Å². The Balaban J connectivity index is 1.96. The first kappa shape index (κ1) is 11.3. The summed E-state index contributed by atoms with van der Waals surface area (Å²) < 4.78 is 0. The van der Waals surface area contributed by atoms with Crippen molar-refractivity contribution in [3.05, 3.63) is 54.6 Å². The molecule has 2 aromatic carbocycles. The van der Waals surface area contributed by atoms with Crippen LogP contribution >= 0.6 is 0 Å². The molecular formula is C14H17N3. The number of nitrogens with zero attached hydrogens (tertiary/aromatic N) is 1. The number of rotatable bonds is 4. The Morgan fingerprint density at radius 1 is 0.706 bits per heavy atom. The summed E-state index contributed by atoms with van der Waals surface area (Å²) in [5, 5.41) is 0. The zero-order valence-electron chi connectivity index (χ0n) is 10.1. The highest BCUT2D eigenvalue weighted by atomic mass is 15.4. The first-order chi connectivity index (χ1) is 8.25. The van der Waals surface area contributed by atoms with Crippen LogP contribution in [0.1, 0.15) is 0 Å². The number of nitrogens with one attached hydrogen (secondary N) is 2. The second-order valence-electron chi connectivity index (χ2n) is 4.06. The van der Waals surface area contributed by atoms with E-state index in [2.05, 4.69) is 27.9 Å². The molecule has 0 radical (unpaired) electrons. The van der Waals surface area contributed by atoms with E-state index in [1.807, 2.05) is 56.6 Å². The standard InChI is InChI=1S/C14H17N3/c1-17(2)14-10-8-13(9-11-14)16-15-12-6-4-3-5-7-12/h3-11,15-16H,1-2H3. The van der Waals surface area contributed by atoms with Gasteiger partial charge < -0.3 is 15.8 Å². The predicted octanol–water partition coefficient (Wildman–Crippen LogP) is 3.19. The van der Waals surface area contributed by atoms with Gasteiger partial charge in [-0.3, -0.25) is 0 Å². The molecule has 2 N–H and O–H groups in total. The van der Waals surface area contributed by atoms with Gasteiger partial charge in [0.25, 0.3) is 0 Å². The highest BCUT2D eigenvalue weighted by Crippen LogP contribution is 2.16. The minimum atomic E-state index is 1.04. The molecule has 0 aliphatic rings. The maximum atomic E-state index is 3.16. The molecule has 0 aliphatic heterocycles. The number of hydrogen-bond acceptors (Lipinski definition) is 3. The molecule has 0 fully saturated rings. The molecule has 17 heavy (non-hydrogen) atoms. The summed E-state index contributed by atoms with van der Waals surface area (Å²) in [6.07, 6.45) is 0. The topological polar surface area (TPSA) is 27.3 Å². The Morgan fingerprint density at radius 2 is 1.24 bits per heavy atom. The molecule has 88 valence electrons. The van der Waals surface area contributed by atoms with E-state index < -0.39 is 0 Å². The quantitative estimate of drug-likeness (QED) is 0.785. The van der Waals surface area contributed by atoms with Gasteiger partial charge in [0, 0.05) is 19.8 Å². The highest BCUT2D eigenvalue weighted by Gasteiger charge is 1.95. The van der Waals surface area contributed by atoms with Crippen LogP contribution in [0.3, 0.4) is 0 Å². The Hall–Kier alpha value is -2.16. The zero-order chi connectivity index (χ0) is 12.1. The van der Waals surface area contributed by atoms with Crippen molar-refractivity contribution in [2.45, 2.75) is 0 Å². The van der Waals surface area contributed by atoms with Crippen LogP contribution in [0.25, 0.3) is 0 Å². The summed E-state index contributed by atoms with van der Waals surface area (Å²) in [7, 11) is 4.06.